The van der Waals surface area contributed by atoms with Crippen molar-refractivity contribution in [1.82, 2.24) is 0 Å². The Hall–Kier alpha value is -1.12. The summed E-state index contributed by atoms with van der Waals surface area (Å²) < 4.78 is 25.7. The molecule has 3 heteroatoms. The van der Waals surface area contributed by atoms with Crippen molar-refractivity contribution in [3.05, 3.63) is 29.8 Å². The Morgan fingerprint density at radius 1 is 1.24 bits per heavy atom. The van der Waals surface area contributed by atoms with Crippen LogP contribution in [0, 0.1) is 23.5 Å². The van der Waals surface area contributed by atoms with Crippen LogP contribution < -0.4 is 5.32 Å². The molecule has 0 radical (unpaired) electrons. The molecule has 1 aliphatic rings. The van der Waals surface area contributed by atoms with Gasteiger partial charge in [0.05, 0.1) is 0 Å². The molecule has 17 heavy (non-hydrogen) atoms. The molecule has 0 amide bonds. The van der Waals surface area contributed by atoms with Crippen molar-refractivity contribution < 1.29 is 8.78 Å². The molecule has 1 saturated carbocycles. The van der Waals surface area contributed by atoms with E-state index in [0.717, 1.165) is 12.5 Å². The Morgan fingerprint density at radius 3 is 2.76 bits per heavy atom. The van der Waals surface area contributed by atoms with Gasteiger partial charge in [0.2, 0.25) is 0 Å². The Balaban J connectivity index is 1.86. The number of nitrogens with one attached hydrogen (secondary N) is 1. The monoisotopic (exact) mass is 239 g/mol. The number of rotatable bonds is 3. The van der Waals surface area contributed by atoms with Crippen LogP contribution in [-0.2, 0) is 0 Å². The van der Waals surface area contributed by atoms with E-state index in [1.54, 1.807) is 6.07 Å². The maximum absolute atomic E-state index is 13.0. The van der Waals surface area contributed by atoms with Crippen molar-refractivity contribution in [3.8, 4) is 0 Å². The van der Waals surface area contributed by atoms with Crippen molar-refractivity contribution in [2.75, 3.05) is 11.9 Å². The second kappa shape index (κ2) is 5.48. The molecule has 1 aromatic rings. The van der Waals surface area contributed by atoms with Crippen LogP contribution in [0.1, 0.15) is 32.6 Å². The summed E-state index contributed by atoms with van der Waals surface area (Å²) in [5.41, 5.74) is 0.669. The van der Waals surface area contributed by atoms with Crippen molar-refractivity contribution in [1.29, 1.82) is 0 Å². The molecule has 1 fully saturated rings. The molecule has 2 atom stereocenters. The minimum absolute atomic E-state index is 0.659. The molecular formula is C14H19F2N. The fraction of sp³-hybridized carbons (Fsp3) is 0.571. The number of hydrogen-bond donors (Lipinski definition) is 1. The molecule has 1 aromatic carbocycles. The van der Waals surface area contributed by atoms with Gasteiger partial charge in [0.15, 0.2) is 11.6 Å². The van der Waals surface area contributed by atoms with Gasteiger partial charge in [0, 0.05) is 12.2 Å². The number of halogens is 2. The van der Waals surface area contributed by atoms with Gasteiger partial charge in [-0.3, -0.25) is 0 Å². The molecule has 1 nitrogen and oxygen atoms in total. The third-order valence-electron chi connectivity index (χ3n) is 3.56. The first-order valence-corrected chi connectivity index (χ1v) is 6.34. The molecule has 94 valence electrons. The standard InChI is InChI=1S/C14H19F2N/c1-10-3-2-4-11(7-10)9-17-12-5-6-13(15)14(16)8-12/h5-6,8,10-11,17H,2-4,7,9H2,1H3. The van der Waals surface area contributed by atoms with Gasteiger partial charge in [0.25, 0.3) is 0 Å². The van der Waals surface area contributed by atoms with E-state index < -0.39 is 11.6 Å². The highest BCUT2D eigenvalue weighted by Crippen LogP contribution is 2.28. The molecule has 0 heterocycles. The quantitative estimate of drug-likeness (QED) is 0.833. The minimum atomic E-state index is -0.790. The Morgan fingerprint density at radius 2 is 2.06 bits per heavy atom. The summed E-state index contributed by atoms with van der Waals surface area (Å²) in [7, 11) is 0. The van der Waals surface area contributed by atoms with Crippen LogP contribution in [0.5, 0.6) is 0 Å². The van der Waals surface area contributed by atoms with Gasteiger partial charge >= 0.3 is 0 Å². The lowest BCUT2D eigenvalue weighted by Crippen LogP contribution is -2.21. The Bertz CT molecular complexity index is 378. The third-order valence-corrected chi connectivity index (χ3v) is 3.56. The highest BCUT2D eigenvalue weighted by Gasteiger charge is 2.18. The second-order valence-electron chi connectivity index (χ2n) is 5.15. The SMILES string of the molecule is CC1CCCC(CNc2ccc(F)c(F)c2)C1. The highest BCUT2D eigenvalue weighted by molar-refractivity contribution is 5.43. The fourth-order valence-electron chi connectivity index (χ4n) is 2.61. The minimum Gasteiger partial charge on any atom is -0.385 e. The van der Waals surface area contributed by atoms with Crippen molar-refractivity contribution in [2.45, 2.75) is 32.6 Å². The molecule has 1 N–H and O–H groups in total. The van der Waals surface area contributed by atoms with Crippen LogP contribution >= 0.6 is 0 Å². The summed E-state index contributed by atoms with van der Waals surface area (Å²) in [6, 6.07) is 3.98. The van der Waals surface area contributed by atoms with E-state index in [9.17, 15) is 8.78 Å². The van der Waals surface area contributed by atoms with E-state index in [1.165, 1.54) is 37.8 Å². The first-order chi connectivity index (χ1) is 8.15. The van der Waals surface area contributed by atoms with Gasteiger partial charge in [-0.25, -0.2) is 8.78 Å². The van der Waals surface area contributed by atoms with Crippen molar-refractivity contribution >= 4 is 5.69 Å². The maximum Gasteiger partial charge on any atom is 0.160 e. The normalized spacial score (nSPS) is 24.6. The molecule has 0 spiro atoms. The summed E-state index contributed by atoms with van der Waals surface area (Å²) in [5, 5.41) is 3.20. The lowest BCUT2D eigenvalue weighted by molar-refractivity contribution is 0.293. The molecule has 0 aliphatic heterocycles. The first-order valence-electron chi connectivity index (χ1n) is 6.34. The fourth-order valence-corrected chi connectivity index (χ4v) is 2.61. The van der Waals surface area contributed by atoms with E-state index in [-0.39, 0.29) is 0 Å². The zero-order valence-corrected chi connectivity index (χ0v) is 10.2. The summed E-state index contributed by atoms with van der Waals surface area (Å²) in [5.74, 6) is -0.124. The predicted molar refractivity (Wildman–Crippen MR) is 66.0 cm³/mol. The number of anilines is 1. The molecule has 0 aromatic heterocycles. The largest absolute Gasteiger partial charge is 0.385 e. The highest BCUT2D eigenvalue weighted by atomic mass is 19.2. The van der Waals surface area contributed by atoms with Gasteiger partial charge in [0.1, 0.15) is 0 Å². The van der Waals surface area contributed by atoms with Gasteiger partial charge in [-0.2, -0.15) is 0 Å². The Labute approximate surface area is 101 Å². The lowest BCUT2D eigenvalue weighted by Gasteiger charge is -2.27. The van der Waals surface area contributed by atoms with E-state index >= 15 is 0 Å². The van der Waals surface area contributed by atoms with Crippen LogP contribution in [0.15, 0.2) is 18.2 Å². The van der Waals surface area contributed by atoms with E-state index in [1.807, 2.05) is 0 Å². The average Bonchev–Trinajstić information content (AvgIpc) is 2.31. The second-order valence-corrected chi connectivity index (χ2v) is 5.15. The first kappa shape index (κ1) is 12.3. The van der Waals surface area contributed by atoms with Crippen LogP contribution in [0.4, 0.5) is 14.5 Å². The van der Waals surface area contributed by atoms with Gasteiger partial charge < -0.3 is 5.32 Å². The van der Waals surface area contributed by atoms with E-state index in [4.69, 9.17) is 0 Å². The van der Waals surface area contributed by atoms with Crippen LogP contribution in [0.3, 0.4) is 0 Å². The van der Waals surface area contributed by atoms with Crippen molar-refractivity contribution in [2.24, 2.45) is 11.8 Å². The van der Waals surface area contributed by atoms with Crippen LogP contribution in [0.2, 0.25) is 0 Å². The van der Waals surface area contributed by atoms with Crippen molar-refractivity contribution in [3.63, 3.8) is 0 Å². The molecule has 2 unspecified atom stereocenters. The van der Waals surface area contributed by atoms with Gasteiger partial charge in [-0.05, 0) is 42.9 Å². The maximum atomic E-state index is 13.0. The predicted octanol–water partition coefficient (Wildman–Crippen LogP) is 4.20. The molecular weight excluding hydrogens is 220 g/mol. The number of benzene rings is 1. The average molecular weight is 239 g/mol. The van der Waals surface area contributed by atoms with E-state index in [2.05, 4.69) is 12.2 Å². The summed E-state index contributed by atoms with van der Waals surface area (Å²) >= 11 is 0. The number of hydrogen-bond acceptors (Lipinski definition) is 1. The van der Waals surface area contributed by atoms with Gasteiger partial charge in [-0.15, -0.1) is 0 Å². The third kappa shape index (κ3) is 3.42. The molecule has 0 bridgehead atoms. The van der Waals surface area contributed by atoms with Gasteiger partial charge in [-0.1, -0.05) is 19.8 Å². The summed E-state index contributed by atoms with van der Waals surface area (Å²) in [4.78, 5) is 0. The molecule has 2 rings (SSSR count). The van der Waals surface area contributed by atoms with Crippen LogP contribution in [-0.4, -0.2) is 6.54 Å². The summed E-state index contributed by atoms with van der Waals surface area (Å²) in [6.07, 6.45) is 5.07. The zero-order valence-electron chi connectivity index (χ0n) is 10.2. The Kier molecular flexibility index (Phi) is 3.97. The summed E-state index contributed by atoms with van der Waals surface area (Å²) in [6.45, 7) is 3.14. The topological polar surface area (TPSA) is 12.0 Å². The van der Waals surface area contributed by atoms with Crippen LogP contribution in [0.25, 0.3) is 0 Å². The zero-order chi connectivity index (χ0) is 12.3. The molecule has 0 saturated heterocycles. The lowest BCUT2D eigenvalue weighted by atomic mass is 9.82. The smallest absolute Gasteiger partial charge is 0.160 e. The van der Waals surface area contributed by atoms with E-state index in [0.29, 0.717) is 11.6 Å². The molecule has 1 aliphatic carbocycles.